The molecule has 2 aromatic heterocycles. The fourth-order valence-electron chi connectivity index (χ4n) is 1.56. The maximum atomic E-state index is 4.54. The van der Waals surface area contributed by atoms with Crippen LogP contribution in [-0.2, 0) is 5.41 Å². The van der Waals surface area contributed by atoms with Crippen LogP contribution in [0.4, 0.5) is 0 Å². The van der Waals surface area contributed by atoms with E-state index in [1.165, 1.54) is 5.56 Å². The van der Waals surface area contributed by atoms with E-state index in [1.54, 1.807) is 0 Å². The Morgan fingerprint density at radius 2 is 1.94 bits per heavy atom. The molecule has 0 saturated carbocycles. The molecular weight excluding hydrogens is 198 g/mol. The van der Waals surface area contributed by atoms with E-state index in [-0.39, 0.29) is 5.41 Å². The Hall–Kier alpha value is -1.38. The molecule has 86 valence electrons. The van der Waals surface area contributed by atoms with E-state index in [2.05, 4.69) is 57.0 Å². The lowest BCUT2D eigenvalue weighted by molar-refractivity contribution is 0.580. The highest BCUT2D eigenvalue weighted by Crippen LogP contribution is 2.22. The quantitative estimate of drug-likeness (QED) is 0.734. The van der Waals surface area contributed by atoms with Crippen molar-refractivity contribution in [3.05, 3.63) is 29.7 Å². The second kappa shape index (κ2) is 3.58. The Labute approximate surface area is 96.5 Å². The van der Waals surface area contributed by atoms with Crippen molar-refractivity contribution in [2.24, 2.45) is 0 Å². The summed E-state index contributed by atoms with van der Waals surface area (Å²) in [5.74, 6) is 0.444. The summed E-state index contributed by atoms with van der Waals surface area (Å²) >= 11 is 0. The van der Waals surface area contributed by atoms with Gasteiger partial charge in [-0.1, -0.05) is 34.6 Å². The van der Waals surface area contributed by atoms with Crippen LogP contribution in [0.3, 0.4) is 0 Å². The third-order valence-corrected chi connectivity index (χ3v) is 2.79. The minimum atomic E-state index is 0.116. The van der Waals surface area contributed by atoms with Gasteiger partial charge in [-0.15, -0.1) is 0 Å². The van der Waals surface area contributed by atoms with Gasteiger partial charge in [0.2, 0.25) is 0 Å². The van der Waals surface area contributed by atoms with Gasteiger partial charge in [0, 0.05) is 18.5 Å². The first-order valence-corrected chi connectivity index (χ1v) is 5.74. The summed E-state index contributed by atoms with van der Waals surface area (Å²) in [6.45, 7) is 10.8. The molecule has 2 heterocycles. The van der Waals surface area contributed by atoms with Crippen molar-refractivity contribution < 1.29 is 0 Å². The van der Waals surface area contributed by atoms with Crippen LogP contribution in [0.2, 0.25) is 0 Å². The highest BCUT2D eigenvalue weighted by molar-refractivity contribution is 5.40. The van der Waals surface area contributed by atoms with Crippen LogP contribution in [0.25, 0.3) is 5.65 Å². The fourth-order valence-corrected chi connectivity index (χ4v) is 1.56. The molecule has 16 heavy (non-hydrogen) atoms. The Kier molecular flexibility index (Phi) is 2.49. The van der Waals surface area contributed by atoms with Crippen molar-refractivity contribution in [1.82, 2.24) is 14.6 Å². The van der Waals surface area contributed by atoms with Crippen molar-refractivity contribution in [2.45, 2.75) is 46.0 Å². The Bertz CT molecular complexity index is 503. The van der Waals surface area contributed by atoms with E-state index in [0.717, 1.165) is 11.3 Å². The summed E-state index contributed by atoms with van der Waals surface area (Å²) in [7, 11) is 0. The van der Waals surface area contributed by atoms with Crippen LogP contribution in [0, 0.1) is 0 Å². The predicted octanol–water partition coefficient (Wildman–Crippen LogP) is 3.15. The molecule has 2 rings (SSSR count). The lowest BCUT2D eigenvalue weighted by Crippen LogP contribution is -2.12. The average Bonchev–Trinajstić information content (AvgIpc) is 2.58. The normalized spacial score (nSPS) is 12.6. The van der Waals surface area contributed by atoms with E-state index in [1.807, 2.05) is 10.7 Å². The molecule has 0 aromatic carbocycles. The summed E-state index contributed by atoms with van der Waals surface area (Å²) in [6.07, 6.45) is 4.02. The second-order valence-corrected chi connectivity index (χ2v) is 5.62. The van der Waals surface area contributed by atoms with E-state index in [4.69, 9.17) is 0 Å². The largest absolute Gasteiger partial charge is 0.237 e. The highest BCUT2D eigenvalue weighted by Gasteiger charge is 2.15. The summed E-state index contributed by atoms with van der Waals surface area (Å²) in [5.41, 5.74) is 3.35. The molecule has 0 saturated heterocycles. The van der Waals surface area contributed by atoms with Crippen LogP contribution in [0.15, 0.2) is 18.5 Å². The molecule has 0 radical (unpaired) electrons. The fraction of sp³-hybridized carbons (Fsp3) is 0.538. The molecule has 0 amide bonds. The molecule has 0 bridgehead atoms. The minimum absolute atomic E-state index is 0.116. The molecule has 0 fully saturated rings. The molecular formula is C13H19N3. The highest BCUT2D eigenvalue weighted by atomic mass is 15.2. The Morgan fingerprint density at radius 3 is 2.50 bits per heavy atom. The van der Waals surface area contributed by atoms with Crippen LogP contribution in [-0.4, -0.2) is 14.6 Å². The van der Waals surface area contributed by atoms with Gasteiger partial charge in [0.15, 0.2) is 5.65 Å². The topological polar surface area (TPSA) is 30.2 Å². The summed E-state index contributed by atoms with van der Waals surface area (Å²) in [4.78, 5) is 4.45. The molecule has 0 aliphatic heterocycles. The number of nitrogens with zero attached hydrogens (tertiary/aromatic N) is 3. The molecule has 3 nitrogen and oxygen atoms in total. The van der Waals surface area contributed by atoms with Gasteiger partial charge in [0.25, 0.3) is 0 Å². The number of hydrogen-bond donors (Lipinski definition) is 0. The zero-order valence-corrected chi connectivity index (χ0v) is 10.7. The molecule has 0 aliphatic carbocycles. The third-order valence-electron chi connectivity index (χ3n) is 2.79. The first kappa shape index (κ1) is 11.1. The van der Waals surface area contributed by atoms with E-state index in [0.29, 0.717) is 5.92 Å². The molecule has 2 aromatic rings. The van der Waals surface area contributed by atoms with Crippen LogP contribution >= 0.6 is 0 Å². The third kappa shape index (κ3) is 1.94. The zero-order chi connectivity index (χ0) is 11.9. The summed E-state index contributed by atoms with van der Waals surface area (Å²) in [5, 5.41) is 4.54. The Morgan fingerprint density at radius 1 is 1.25 bits per heavy atom. The maximum absolute atomic E-state index is 4.54. The van der Waals surface area contributed by atoms with Crippen LogP contribution < -0.4 is 0 Å². The van der Waals surface area contributed by atoms with E-state index in [9.17, 15) is 0 Å². The smallest absolute Gasteiger partial charge is 0.155 e. The summed E-state index contributed by atoms with van der Waals surface area (Å²) in [6, 6.07) is 2.05. The van der Waals surface area contributed by atoms with Gasteiger partial charge in [-0.3, -0.25) is 0 Å². The van der Waals surface area contributed by atoms with Crippen molar-refractivity contribution in [3.8, 4) is 0 Å². The molecule has 0 aliphatic rings. The molecule has 0 spiro atoms. The molecule has 0 atom stereocenters. The van der Waals surface area contributed by atoms with Crippen molar-refractivity contribution in [1.29, 1.82) is 0 Å². The molecule has 3 heteroatoms. The van der Waals surface area contributed by atoms with Gasteiger partial charge in [-0.25, -0.2) is 9.50 Å². The van der Waals surface area contributed by atoms with Gasteiger partial charge in [0.1, 0.15) is 0 Å². The first-order valence-electron chi connectivity index (χ1n) is 5.74. The minimum Gasteiger partial charge on any atom is -0.237 e. The summed E-state index contributed by atoms with van der Waals surface area (Å²) < 4.78 is 1.88. The number of fused-ring (bicyclic) bond motifs is 1. The van der Waals surface area contributed by atoms with Crippen molar-refractivity contribution in [2.75, 3.05) is 0 Å². The van der Waals surface area contributed by atoms with Gasteiger partial charge in [0.05, 0.1) is 5.69 Å². The molecule has 0 N–H and O–H groups in total. The van der Waals surface area contributed by atoms with Gasteiger partial charge < -0.3 is 0 Å². The average molecular weight is 217 g/mol. The lowest BCUT2D eigenvalue weighted by atomic mass is 9.89. The number of hydrogen-bond acceptors (Lipinski definition) is 2. The molecule has 0 unspecified atom stereocenters. The van der Waals surface area contributed by atoms with Crippen LogP contribution in [0.5, 0.6) is 0 Å². The lowest BCUT2D eigenvalue weighted by Gasteiger charge is -2.17. The van der Waals surface area contributed by atoms with Crippen molar-refractivity contribution >= 4 is 5.65 Å². The monoisotopic (exact) mass is 217 g/mol. The standard InChI is InChI=1S/C13H19N3/c1-9(2)11-6-12-14-7-10(13(3,4)5)8-16(12)15-11/h6-9H,1-5H3. The zero-order valence-electron chi connectivity index (χ0n) is 10.7. The van der Waals surface area contributed by atoms with E-state index < -0.39 is 0 Å². The maximum Gasteiger partial charge on any atom is 0.155 e. The van der Waals surface area contributed by atoms with Crippen LogP contribution in [0.1, 0.15) is 51.8 Å². The number of aromatic nitrogens is 3. The first-order chi connectivity index (χ1) is 7.38. The SMILES string of the molecule is CC(C)c1cc2ncc(C(C)(C)C)cn2n1. The van der Waals surface area contributed by atoms with Gasteiger partial charge in [-0.05, 0) is 16.9 Å². The van der Waals surface area contributed by atoms with E-state index >= 15 is 0 Å². The number of rotatable bonds is 1. The van der Waals surface area contributed by atoms with Crippen molar-refractivity contribution in [3.63, 3.8) is 0 Å². The van der Waals surface area contributed by atoms with Gasteiger partial charge in [-0.2, -0.15) is 5.10 Å². The van der Waals surface area contributed by atoms with Gasteiger partial charge >= 0.3 is 0 Å². The Balaban J connectivity index is 2.54. The second-order valence-electron chi connectivity index (χ2n) is 5.62. The predicted molar refractivity (Wildman–Crippen MR) is 65.8 cm³/mol.